The highest BCUT2D eigenvalue weighted by atomic mass is 32.2. The number of carboxylic acids is 1. The number of thioether (sulfide) groups is 1. The molecule has 0 aromatic rings. The normalized spacial score (nSPS) is 27.2. The summed E-state index contributed by atoms with van der Waals surface area (Å²) < 4.78 is 5.07. The molecule has 2 amide bonds. The van der Waals surface area contributed by atoms with Crippen LogP contribution in [0.3, 0.4) is 0 Å². The maximum atomic E-state index is 12.1. The van der Waals surface area contributed by atoms with Gasteiger partial charge in [0.2, 0.25) is 5.91 Å². The molecule has 120 valence electrons. The van der Waals surface area contributed by atoms with Crippen molar-refractivity contribution in [3.05, 3.63) is 11.0 Å². The van der Waals surface area contributed by atoms with Gasteiger partial charge in [-0.05, 0) is 26.2 Å². The third kappa shape index (κ3) is 2.94. The molecule has 8 nitrogen and oxygen atoms in total. The zero-order valence-electron chi connectivity index (χ0n) is 12.2. The molecule has 0 spiro atoms. The number of nitrogens with one attached hydrogen (secondary N) is 1. The number of amides is 2. The van der Waals surface area contributed by atoms with Gasteiger partial charge in [-0.1, -0.05) is 0 Å². The minimum Gasteiger partial charge on any atom is -0.479 e. The molecular formula is C13H16N2O6S. The van der Waals surface area contributed by atoms with Gasteiger partial charge in [-0.3, -0.25) is 9.59 Å². The first-order valence-electron chi connectivity index (χ1n) is 6.51. The van der Waals surface area contributed by atoms with Gasteiger partial charge in [0.1, 0.15) is 23.3 Å². The van der Waals surface area contributed by atoms with Crippen LogP contribution in [0.5, 0.6) is 0 Å². The molecule has 0 bridgehead atoms. The van der Waals surface area contributed by atoms with Crippen molar-refractivity contribution in [3.8, 4) is 0 Å². The molecule has 9 heteroatoms. The van der Waals surface area contributed by atoms with Crippen molar-refractivity contribution in [2.75, 3.05) is 0 Å². The van der Waals surface area contributed by atoms with E-state index in [1.54, 1.807) is 20.8 Å². The fourth-order valence-corrected chi connectivity index (χ4v) is 3.38. The van der Waals surface area contributed by atoms with Crippen LogP contribution in [-0.4, -0.2) is 57.3 Å². The number of aliphatic carboxylic acids is 1. The van der Waals surface area contributed by atoms with E-state index in [1.165, 1.54) is 5.41 Å². The van der Waals surface area contributed by atoms with Gasteiger partial charge < -0.3 is 20.1 Å². The molecule has 2 heterocycles. The van der Waals surface area contributed by atoms with Gasteiger partial charge in [-0.2, -0.15) is 0 Å². The third-order valence-electron chi connectivity index (χ3n) is 3.06. The molecule has 2 rings (SSSR count). The van der Waals surface area contributed by atoms with Crippen LogP contribution in [0.4, 0.5) is 4.79 Å². The Morgan fingerprint density at radius 1 is 1.45 bits per heavy atom. The summed E-state index contributed by atoms with van der Waals surface area (Å²) in [5.41, 5.74) is -0.692. The number of rotatable bonds is 3. The minimum atomic E-state index is -1.31. The van der Waals surface area contributed by atoms with Gasteiger partial charge in [0.15, 0.2) is 6.04 Å². The van der Waals surface area contributed by atoms with Crippen molar-refractivity contribution in [2.45, 2.75) is 43.8 Å². The quantitative estimate of drug-likeness (QED) is 0.567. The van der Waals surface area contributed by atoms with Crippen LogP contribution in [0.2, 0.25) is 0 Å². The van der Waals surface area contributed by atoms with Crippen molar-refractivity contribution < 1.29 is 29.0 Å². The summed E-state index contributed by atoms with van der Waals surface area (Å²) >= 11 is 1.12. The van der Waals surface area contributed by atoms with Crippen LogP contribution >= 0.6 is 11.8 Å². The molecule has 0 radical (unpaired) electrons. The maximum absolute atomic E-state index is 12.1. The Kier molecular flexibility index (Phi) is 4.19. The van der Waals surface area contributed by atoms with Crippen molar-refractivity contribution in [2.24, 2.45) is 0 Å². The van der Waals surface area contributed by atoms with Crippen LogP contribution < -0.4 is 5.32 Å². The Bertz CT molecular complexity index is 567. The topological polar surface area (TPSA) is 113 Å². The van der Waals surface area contributed by atoms with E-state index in [2.05, 4.69) is 5.32 Å². The SMILES string of the molecule is CC(C)(C)OC(=O)N[C@@H]1C(=O)N2C(C(=O)O)C(C=O)=CS[C@H]12. The predicted molar refractivity (Wildman–Crippen MR) is 77.0 cm³/mol. The Hall–Kier alpha value is -2.03. The molecule has 2 aliphatic rings. The Balaban J connectivity index is 2.10. The molecule has 0 aliphatic carbocycles. The molecule has 1 unspecified atom stereocenters. The standard InChI is InChI=1S/C13H16N2O6S/c1-13(2,3)21-12(20)14-7-9(17)15-8(11(18)19)6(4-16)5-22-10(7)15/h4-5,7-8,10H,1-3H3,(H,14,20)(H,18,19)/t7-,8?,10-/m1/s1. The summed E-state index contributed by atoms with van der Waals surface area (Å²) in [5.74, 6) is -1.84. The van der Waals surface area contributed by atoms with E-state index in [-0.39, 0.29) is 5.57 Å². The largest absolute Gasteiger partial charge is 0.479 e. The molecule has 2 N–H and O–H groups in total. The molecule has 1 fully saturated rings. The highest BCUT2D eigenvalue weighted by molar-refractivity contribution is 8.03. The van der Waals surface area contributed by atoms with E-state index < -0.39 is 41.0 Å². The molecule has 0 aromatic heterocycles. The van der Waals surface area contributed by atoms with Crippen molar-refractivity contribution in [3.63, 3.8) is 0 Å². The molecule has 1 saturated heterocycles. The maximum Gasteiger partial charge on any atom is 0.408 e. The van der Waals surface area contributed by atoms with E-state index in [9.17, 15) is 24.3 Å². The van der Waals surface area contributed by atoms with Gasteiger partial charge in [0, 0.05) is 5.57 Å². The number of aldehydes is 1. The van der Waals surface area contributed by atoms with E-state index in [0.29, 0.717) is 6.29 Å². The van der Waals surface area contributed by atoms with Gasteiger partial charge in [0.05, 0.1) is 0 Å². The van der Waals surface area contributed by atoms with Crippen LogP contribution in [0, 0.1) is 0 Å². The monoisotopic (exact) mass is 328 g/mol. The Morgan fingerprint density at radius 2 is 2.09 bits per heavy atom. The number of β-lactam (4-membered cyclic amide) rings is 1. The highest BCUT2D eigenvalue weighted by Crippen LogP contribution is 2.39. The van der Waals surface area contributed by atoms with Crippen LogP contribution in [0.1, 0.15) is 20.8 Å². The van der Waals surface area contributed by atoms with Gasteiger partial charge in [0.25, 0.3) is 0 Å². The van der Waals surface area contributed by atoms with E-state index in [1.807, 2.05) is 0 Å². The molecular weight excluding hydrogens is 312 g/mol. The number of carbonyl (C=O) groups is 4. The lowest BCUT2D eigenvalue weighted by atomic mass is 9.99. The van der Waals surface area contributed by atoms with Gasteiger partial charge in [-0.15, -0.1) is 11.8 Å². The van der Waals surface area contributed by atoms with E-state index in [4.69, 9.17) is 4.74 Å². The minimum absolute atomic E-state index is 0.0119. The number of alkyl carbamates (subject to hydrolysis) is 1. The number of ether oxygens (including phenoxy) is 1. The van der Waals surface area contributed by atoms with E-state index >= 15 is 0 Å². The number of fused-ring (bicyclic) bond motifs is 1. The lowest BCUT2D eigenvalue weighted by Crippen LogP contribution is -2.74. The average Bonchev–Trinajstić information content (AvgIpc) is 2.40. The second-order valence-corrected chi connectivity index (χ2v) is 6.86. The molecule has 0 aromatic carbocycles. The summed E-state index contributed by atoms with van der Waals surface area (Å²) in [6, 6.07) is -2.18. The summed E-state index contributed by atoms with van der Waals surface area (Å²) in [6.07, 6.45) is -0.327. The van der Waals surface area contributed by atoms with Gasteiger partial charge >= 0.3 is 12.1 Å². The lowest BCUT2D eigenvalue weighted by molar-refractivity contribution is -0.159. The van der Waals surface area contributed by atoms with Crippen molar-refractivity contribution in [1.29, 1.82) is 0 Å². The first kappa shape index (κ1) is 16.3. The summed E-state index contributed by atoms with van der Waals surface area (Å²) in [6.45, 7) is 5.07. The Morgan fingerprint density at radius 3 is 2.59 bits per heavy atom. The van der Waals surface area contributed by atoms with Crippen molar-refractivity contribution >= 4 is 36.0 Å². The molecule has 0 saturated carbocycles. The smallest absolute Gasteiger partial charge is 0.408 e. The summed E-state index contributed by atoms with van der Waals surface area (Å²) in [4.78, 5) is 47.1. The Labute approximate surface area is 130 Å². The number of carbonyl (C=O) groups excluding carboxylic acids is 3. The number of hydrogen-bond acceptors (Lipinski definition) is 6. The average molecular weight is 328 g/mol. The first-order valence-corrected chi connectivity index (χ1v) is 7.45. The molecule has 22 heavy (non-hydrogen) atoms. The van der Waals surface area contributed by atoms with Crippen LogP contribution in [0.25, 0.3) is 0 Å². The van der Waals surface area contributed by atoms with E-state index in [0.717, 1.165) is 16.7 Å². The third-order valence-corrected chi connectivity index (χ3v) is 4.25. The second kappa shape index (κ2) is 5.64. The fraction of sp³-hybridized carbons (Fsp3) is 0.538. The van der Waals surface area contributed by atoms with Crippen LogP contribution in [-0.2, 0) is 19.1 Å². The molecule has 3 atom stereocenters. The summed E-state index contributed by atoms with van der Waals surface area (Å²) in [5, 5.41) is 12.5. The zero-order chi connectivity index (χ0) is 16.7. The number of hydrogen-bond donors (Lipinski definition) is 2. The second-order valence-electron chi connectivity index (χ2n) is 5.87. The number of carboxylic acid groups (broad SMARTS) is 1. The van der Waals surface area contributed by atoms with Crippen LogP contribution in [0.15, 0.2) is 11.0 Å². The zero-order valence-corrected chi connectivity index (χ0v) is 13.0. The van der Waals surface area contributed by atoms with Gasteiger partial charge in [-0.25, -0.2) is 9.59 Å². The lowest BCUT2D eigenvalue weighted by Gasteiger charge is -2.50. The number of nitrogens with zero attached hydrogens (tertiary/aromatic N) is 1. The summed E-state index contributed by atoms with van der Waals surface area (Å²) in [7, 11) is 0. The highest BCUT2D eigenvalue weighted by Gasteiger charge is 2.56. The first-order chi connectivity index (χ1) is 10.2. The predicted octanol–water partition coefficient (Wildman–Crippen LogP) is 0.331. The fourth-order valence-electron chi connectivity index (χ4n) is 2.20. The molecule has 2 aliphatic heterocycles. The van der Waals surface area contributed by atoms with Crippen molar-refractivity contribution in [1.82, 2.24) is 10.2 Å².